The molecule has 2 nitrogen and oxygen atoms in total. The Morgan fingerprint density at radius 1 is 1.16 bits per heavy atom. The van der Waals surface area contributed by atoms with Gasteiger partial charge in [0.2, 0.25) is 0 Å². The average Bonchev–Trinajstić information content (AvgIpc) is 2.40. The second-order valence-electron chi connectivity index (χ2n) is 4.57. The number of ether oxygens (including phenoxy) is 1. The van der Waals surface area contributed by atoms with Gasteiger partial charge in [0, 0.05) is 4.47 Å². The van der Waals surface area contributed by atoms with Crippen molar-refractivity contribution in [2.45, 2.75) is 20.0 Å². The molecule has 2 aromatic rings. The zero-order valence-electron chi connectivity index (χ0n) is 11.0. The van der Waals surface area contributed by atoms with Gasteiger partial charge in [-0.15, -0.1) is 0 Å². The summed E-state index contributed by atoms with van der Waals surface area (Å²) in [6.45, 7) is 3.31. The van der Waals surface area contributed by atoms with Crippen LogP contribution in [0.1, 0.15) is 16.7 Å². The Kier molecular flexibility index (Phi) is 5.00. The number of aryl methyl sites for hydroxylation is 1. The first-order valence-corrected chi connectivity index (χ1v) is 7.15. The van der Waals surface area contributed by atoms with E-state index in [1.807, 2.05) is 18.2 Å². The number of rotatable bonds is 5. The highest BCUT2D eigenvalue weighted by molar-refractivity contribution is 9.10. The van der Waals surface area contributed by atoms with E-state index in [0.29, 0.717) is 13.2 Å². The van der Waals surface area contributed by atoms with Crippen LogP contribution in [0.15, 0.2) is 46.9 Å². The van der Waals surface area contributed by atoms with Crippen LogP contribution in [0.5, 0.6) is 5.75 Å². The lowest BCUT2D eigenvalue weighted by atomic mass is 10.1. The molecule has 0 saturated carbocycles. The lowest BCUT2D eigenvalue weighted by Crippen LogP contribution is -2.04. The van der Waals surface area contributed by atoms with Gasteiger partial charge in [0.15, 0.2) is 0 Å². The zero-order valence-corrected chi connectivity index (χ0v) is 12.6. The van der Waals surface area contributed by atoms with Gasteiger partial charge in [-0.3, -0.25) is 0 Å². The maximum atomic E-state index is 5.83. The van der Waals surface area contributed by atoms with Gasteiger partial charge in [-0.25, -0.2) is 0 Å². The molecule has 0 aliphatic rings. The van der Waals surface area contributed by atoms with Gasteiger partial charge >= 0.3 is 0 Å². The molecule has 2 N–H and O–H groups in total. The lowest BCUT2D eigenvalue weighted by molar-refractivity contribution is 0.306. The summed E-state index contributed by atoms with van der Waals surface area (Å²) < 4.78 is 6.91. The second kappa shape index (κ2) is 6.73. The minimum atomic E-state index is 0.589. The van der Waals surface area contributed by atoms with Crippen molar-refractivity contribution in [1.82, 2.24) is 0 Å². The first-order chi connectivity index (χ1) is 9.19. The SMILES string of the molecule is Cc1cccc(COc2ccc(Br)c(CCN)c2)c1. The molecule has 0 fully saturated rings. The van der Waals surface area contributed by atoms with Crippen molar-refractivity contribution in [2.24, 2.45) is 5.73 Å². The monoisotopic (exact) mass is 319 g/mol. The Hall–Kier alpha value is -1.32. The van der Waals surface area contributed by atoms with Gasteiger partial charge < -0.3 is 10.5 Å². The highest BCUT2D eigenvalue weighted by Gasteiger charge is 2.02. The van der Waals surface area contributed by atoms with Crippen molar-refractivity contribution in [2.75, 3.05) is 6.54 Å². The minimum absolute atomic E-state index is 0.589. The van der Waals surface area contributed by atoms with Crippen LogP contribution in [-0.4, -0.2) is 6.54 Å². The summed E-state index contributed by atoms with van der Waals surface area (Å²) in [4.78, 5) is 0. The molecule has 0 aromatic heterocycles. The zero-order chi connectivity index (χ0) is 13.7. The van der Waals surface area contributed by atoms with Crippen LogP contribution in [0.25, 0.3) is 0 Å². The summed E-state index contributed by atoms with van der Waals surface area (Å²) in [7, 11) is 0. The lowest BCUT2D eigenvalue weighted by Gasteiger charge is -2.10. The van der Waals surface area contributed by atoms with E-state index < -0.39 is 0 Å². The molecule has 0 atom stereocenters. The van der Waals surface area contributed by atoms with Crippen LogP contribution in [-0.2, 0) is 13.0 Å². The van der Waals surface area contributed by atoms with Crippen LogP contribution in [0, 0.1) is 6.92 Å². The van der Waals surface area contributed by atoms with Crippen LogP contribution in [0.3, 0.4) is 0 Å². The number of nitrogens with two attached hydrogens (primary N) is 1. The van der Waals surface area contributed by atoms with Crippen LogP contribution in [0.2, 0.25) is 0 Å². The molecule has 0 saturated heterocycles. The number of hydrogen-bond acceptors (Lipinski definition) is 2. The van der Waals surface area contributed by atoms with Gasteiger partial charge in [0.05, 0.1) is 0 Å². The van der Waals surface area contributed by atoms with E-state index in [0.717, 1.165) is 16.6 Å². The summed E-state index contributed by atoms with van der Waals surface area (Å²) in [6, 6.07) is 14.4. The van der Waals surface area contributed by atoms with Gasteiger partial charge in [-0.1, -0.05) is 45.8 Å². The molecule has 0 unspecified atom stereocenters. The van der Waals surface area contributed by atoms with E-state index in [1.165, 1.54) is 16.7 Å². The molecule has 0 amide bonds. The normalized spacial score (nSPS) is 10.5. The summed E-state index contributed by atoms with van der Waals surface area (Å²) >= 11 is 3.53. The smallest absolute Gasteiger partial charge is 0.120 e. The maximum Gasteiger partial charge on any atom is 0.120 e. The fourth-order valence-corrected chi connectivity index (χ4v) is 2.40. The quantitative estimate of drug-likeness (QED) is 0.908. The number of benzene rings is 2. The van der Waals surface area contributed by atoms with Crippen molar-refractivity contribution in [1.29, 1.82) is 0 Å². The fourth-order valence-electron chi connectivity index (χ4n) is 1.96. The van der Waals surface area contributed by atoms with Crippen LogP contribution in [0.4, 0.5) is 0 Å². The Bertz CT molecular complexity index is 554. The summed E-state index contributed by atoms with van der Waals surface area (Å²) in [5.41, 5.74) is 9.22. The van der Waals surface area contributed by atoms with E-state index in [9.17, 15) is 0 Å². The first-order valence-electron chi connectivity index (χ1n) is 6.36. The Labute approximate surface area is 122 Å². The minimum Gasteiger partial charge on any atom is -0.489 e. The van der Waals surface area contributed by atoms with Crippen molar-refractivity contribution < 1.29 is 4.74 Å². The molecular formula is C16H18BrNO. The molecule has 19 heavy (non-hydrogen) atoms. The topological polar surface area (TPSA) is 35.2 Å². The van der Waals surface area contributed by atoms with Gasteiger partial charge in [0.1, 0.15) is 12.4 Å². The van der Waals surface area contributed by atoms with Crippen molar-refractivity contribution >= 4 is 15.9 Å². The summed E-state index contributed by atoms with van der Waals surface area (Å²) in [5, 5.41) is 0. The van der Waals surface area contributed by atoms with E-state index in [1.54, 1.807) is 0 Å². The molecule has 0 heterocycles. The van der Waals surface area contributed by atoms with Gasteiger partial charge in [-0.05, 0) is 49.2 Å². The van der Waals surface area contributed by atoms with Crippen molar-refractivity contribution in [3.8, 4) is 5.75 Å². The Morgan fingerprint density at radius 3 is 2.74 bits per heavy atom. The van der Waals surface area contributed by atoms with E-state index in [-0.39, 0.29) is 0 Å². The molecule has 0 spiro atoms. The number of hydrogen-bond donors (Lipinski definition) is 1. The van der Waals surface area contributed by atoms with Gasteiger partial charge in [-0.2, -0.15) is 0 Å². The van der Waals surface area contributed by atoms with Crippen LogP contribution >= 0.6 is 15.9 Å². The molecule has 0 radical (unpaired) electrons. The fraction of sp³-hybridized carbons (Fsp3) is 0.250. The van der Waals surface area contributed by atoms with E-state index in [2.05, 4.69) is 47.1 Å². The maximum absolute atomic E-state index is 5.83. The molecule has 0 aliphatic carbocycles. The predicted molar refractivity (Wildman–Crippen MR) is 82.4 cm³/mol. The third-order valence-corrected chi connectivity index (χ3v) is 3.69. The second-order valence-corrected chi connectivity index (χ2v) is 5.42. The van der Waals surface area contributed by atoms with Crippen molar-refractivity contribution in [3.05, 3.63) is 63.6 Å². The standard InChI is InChI=1S/C16H18BrNO/c1-12-3-2-4-13(9-12)11-19-15-5-6-16(17)14(10-15)7-8-18/h2-6,9-10H,7-8,11,18H2,1H3. The molecule has 2 aromatic carbocycles. The number of halogens is 1. The molecule has 3 heteroatoms. The molecule has 0 aliphatic heterocycles. The average molecular weight is 320 g/mol. The van der Waals surface area contributed by atoms with E-state index in [4.69, 9.17) is 10.5 Å². The highest BCUT2D eigenvalue weighted by Crippen LogP contribution is 2.23. The Morgan fingerprint density at radius 2 is 2.00 bits per heavy atom. The first kappa shape index (κ1) is 14.1. The molecule has 100 valence electrons. The summed E-state index contributed by atoms with van der Waals surface area (Å²) in [5.74, 6) is 0.883. The van der Waals surface area contributed by atoms with Crippen LogP contribution < -0.4 is 10.5 Å². The Balaban J connectivity index is 2.05. The van der Waals surface area contributed by atoms with Gasteiger partial charge in [0.25, 0.3) is 0 Å². The third-order valence-electron chi connectivity index (χ3n) is 2.92. The van der Waals surface area contributed by atoms with Crippen molar-refractivity contribution in [3.63, 3.8) is 0 Å². The molecule has 2 rings (SSSR count). The molecular weight excluding hydrogens is 302 g/mol. The third kappa shape index (κ3) is 4.08. The van der Waals surface area contributed by atoms with E-state index >= 15 is 0 Å². The summed E-state index contributed by atoms with van der Waals surface area (Å²) in [6.07, 6.45) is 0.849. The largest absolute Gasteiger partial charge is 0.489 e. The highest BCUT2D eigenvalue weighted by atomic mass is 79.9. The molecule has 0 bridgehead atoms. The predicted octanol–water partition coefficient (Wildman–Crippen LogP) is 3.84.